The van der Waals surface area contributed by atoms with E-state index in [4.69, 9.17) is 44.3 Å². The topological polar surface area (TPSA) is 84.9 Å². The third-order valence-corrected chi connectivity index (χ3v) is 5.78. The Morgan fingerprint density at radius 2 is 1.69 bits per heavy atom. The van der Waals surface area contributed by atoms with Crippen LogP contribution in [0, 0.1) is 0 Å². The Morgan fingerprint density at radius 3 is 2.34 bits per heavy atom. The Balaban J connectivity index is 1.50. The molecule has 2 amide bonds. The molecule has 0 saturated carbocycles. The molecule has 0 spiro atoms. The van der Waals surface area contributed by atoms with Crippen LogP contribution in [-0.2, 0) is 4.79 Å². The van der Waals surface area contributed by atoms with Crippen molar-refractivity contribution in [2.45, 2.75) is 6.10 Å². The van der Waals surface area contributed by atoms with Crippen LogP contribution in [0.3, 0.4) is 0 Å². The highest BCUT2D eigenvalue weighted by Crippen LogP contribution is 2.37. The standard InChI is InChI=1S/C19H14Cl3NO5S/c20-13-5-6-14(17(22)16(13)21)28-9-11(24)8-27-12-3-1-10(2-4-12)7-15-18(25)23-19(26)29-15/h1-7,11,24H,8-9H2,(H,23,25,26)/b15-7-. The summed E-state index contributed by atoms with van der Waals surface area (Å²) in [5.74, 6) is 0.425. The summed E-state index contributed by atoms with van der Waals surface area (Å²) in [4.78, 5) is 23.0. The number of hydrogen-bond donors (Lipinski definition) is 2. The number of imide groups is 1. The maximum atomic E-state index is 11.5. The first kappa shape index (κ1) is 21.8. The minimum Gasteiger partial charge on any atom is -0.491 e. The van der Waals surface area contributed by atoms with Gasteiger partial charge in [0, 0.05) is 0 Å². The van der Waals surface area contributed by atoms with Gasteiger partial charge in [0.1, 0.15) is 35.8 Å². The van der Waals surface area contributed by atoms with Gasteiger partial charge in [-0.05, 0) is 47.7 Å². The van der Waals surface area contributed by atoms with Gasteiger partial charge in [-0.2, -0.15) is 0 Å². The molecule has 0 aliphatic carbocycles. The van der Waals surface area contributed by atoms with Crippen molar-refractivity contribution >= 4 is 63.8 Å². The lowest BCUT2D eigenvalue weighted by molar-refractivity contribution is -0.115. The van der Waals surface area contributed by atoms with Crippen LogP contribution in [0.15, 0.2) is 41.3 Å². The molecule has 1 atom stereocenters. The fourth-order valence-electron chi connectivity index (χ4n) is 2.28. The Hall–Kier alpha value is -1.90. The summed E-state index contributed by atoms with van der Waals surface area (Å²) in [7, 11) is 0. The number of hydrogen-bond acceptors (Lipinski definition) is 6. The van der Waals surface area contributed by atoms with Gasteiger partial charge in [0.15, 0.2) is 0 Å². The highest BCUT2D eigenvalue weighted by Gasteiger charge is 2.24. The molecule has 0 radical (unpaired) electrons. The molecule has 1 aliphatic heterocycles. The second-order valence-electron chi connectivity index (χ2n) is 5.87. The maximum Gasteiger partial charge on any atom is 0.290 e. The smallest absolute Gasteiger partial charge is 0.290 e. The number of halogens is 3. The summed E-state index contributed by atoms with van der Waals surface area (Å²) in [6, 6.07) is 9.96. The molecule has 152 valence electrons. The van der Waals surface area contributed by atoms with Gasteiger partial charge in [-0.3, -0.25) is 14.9 Å². The number of ether oxygens (including phenoxy) is 2. The van der Waals surface area contributed by atoms with E-state index in [2.05, 4.69) is 5.32 Å². The lowest BCUT2D eigenvalue weighted by Gasteiger charge is -2.15. The van der Waals surface area contributed by atoms with Crippen molar-refractivity contribution in [3.63, 3.8) is 0 Å². The first-order chi connectivity index (χ1) is 13.8. The van der Waals surface area contributed by atoms with Crippen molar-refractivity contribution < 1.29 is 24.2 Å². The summed E-state index contributed by atoms with van der Waals surface area (Å²) < 4.78 is 11.0. The van der Waals surface area contributed by atoms with Crippen LogP contribution in [0.4, 0.5) is 4.79 Å². The zero-order valence-electron chi connectivity index (χ0n) is 14.7. The molecule has 1 aliphatic rings. The first-order valence-electron chi connectivity index (χ1n) is 8.25. The Labute approximate surface area is 185 Å². The SMILES string of the molecule is O=C1NC(=O)/C(=C/c2ccc(OCC(O)COc3ccc(Cl)c(Cl)c3Cl)cc2)S1. The zero-order chi connectivity index (χ0) is 21.0. The summed E-state index contributed by atoms with van der Waals surface area (Å²) in [6.45, 7) is -0.0611. The van der Waals surface area contributed by atoms with Gasteiger partial charge in [-0.15, -0.1) is 0 Å². The largest absolute Gasteiger partial charge is 0.491 e. The highest BCUT2D eigenvalue weighted by molar-refractivity contribution is 8.18. The molecular weight excluding hydrogens is 461 g/mol. The fraction of sp³-hybridized carbons (Fsp3) is 0.158. The van der Waals surface area contributed by atoms with Crippen LogP contribution in [0.1, 0.15) is 5.56 Å². The monoisotopic (exact) mass is 473 g/mol. The van der Waals surface area contributed by atoms with Gasteiger partial charge in [-0.1, -0.05) is 46.9 Å². The van der Waals surface area contributed by atoms with Crippen molar-refractivity contribution in [2.75, 3.05) is 13.2 Å². The zero-order valence-corrected chi connectivity index (χ0v) is 17.7. The molecule has 1 unspecified atom stereocenters. The quantitative estimate of drug-likeness (QED) is 0.443. The van der Waals surface area contributed by atoms with Crippen LogP contribution in [0.5, 0.6) is 11.5 Å². The van der Waals surface area contributed by atoms with Gasteiger partial charge in [0.2, 0.25) is 0 Å². The summed E-state index contributed by atoms with van der Waals surface area (Å²) >= 11 is 18.7. The lowest BCUT2D eigenvalue weighted by Crippen LogP contribution is -2.25. The molecule has 2 aromatic carbocycles. The second-order valence-corrected chi connectivity index (χ2v) is 8.05. The molecule has 2 aromatic rings. The number of carbonyl (C=O) groups excluding carboxylic acids is 2. The number of nitrogens with one attached hydrogen (secondary N) is 1. The van der Waals surface area contributed by atoms with Crippen LogP contribution < -0.4 is 14.8 Å². The van der Waals surface area contributed by atoms with E-state index in [0.717, 1.165) is 17.3 Å². The Bertz CT molecular complexity index is 965. The average molecular weight is 475 g/mol. The third-order valence-electron chi connectivity index (χ3n) is 3.69. The summed E-state index contributed by atoms with van der Waals surface area (Å²) in [5, 5.41) is 12.5. The van der Waals surface area contributed by atoms with Crippen LogP contribution in [0.2, 0.25) is 15.1 Å². The fourth-order valence-corrected chi connectivity index (χ4v) is 3.54. The summed E-state index contributed by atoms with van der Waals surface area (Å²) in [6.07, 6.45) is 0.699. The van der Waals surface area contributed by atoms with Crippen molar-refractivity contribution in [3.05, 3.63) is 61.9 Å². The molecule has 1 heterocycles. The molecular formula is C19H14Cl3NO5S. The van der Waals surface area contributed by atoms with E-state index in [1.165, 1.54) is 0 Å². The molecule has 0 bridgehead atoms. The van der Waals surface area contributed by atoms with Crippen LogP contribution in [-0.4, -0.2) is 35.6 Å². The number of benzene rings is 2. The highest BCUT2D eigenvalue weighted by atomic mass is 35.5. The van der Waals surface area contributed by atoms with Gasteiger partial charge < -0.3 is 14.6 Å². The molecule has 10 heteroatoms. The van der Waals surface area contributed by atoms with Gasteiger partial charge in [0.05, 0.1) is 15.0 Å². The van der Waals surface area contributed by atoms with E-state index in [1.54, 1.807) is 42.5 Å². The average Bonchev–Trinajstić information content (AvgIpc) is 3.01. The van der Waals surface area contributed by atoms with Crippen LogP contribution >= 0.6 is 46.6 Å². The maximum absolute atomic E-state index is 11.5. The number of thioether (sulfide) groups is 1. The molecule has 6 nitrogen and oxygen atoms in total. The molecule has 1 fully saturated rings. The van der Waals surface area contributed by atoms with Crippen molar-refractivity contribution in [2.24, 2.45) is 0 Å². The third kappa shape index (κ3) is 5.81. The van der Waals surface area contributed by atoms with E-state index in [0.29, 0.717) is 21.4 Å². The predicted molar refractivity (Wildman–Crippen MR) is 114 cm³/mol. The Morgan fingerprint density at radius 1 is 1.00 bits per heavy atom. The molecule has 2 N–H and O–H groups in total. The van der Waals surface area contributed by atoms with Crippen molar-refractivity contribution in [3.8, 4) is 11.5 Å². The van der Waals surface area contributed by atoms with E-state index >= 15 is 0 Å². The van der Waals surface area contributed by atoms with Gasteiger partial charge >= 0.3 is 0 Å². The molecule has 0 aromatic heterocycles. The van der Waals surface area contributed by atoms with Gasteiger partial charge in [-0.25, -0.2) is 0 Å². The van der Waals surface area contributed by atoms with Crippen molar-refractivity contribution in [1.82, 2.24) is 5.32 Å². The number of carbonyl (C=O) groups is 2. The van der Waals surface area contributed by atoms with Crippen LogP contribution in [0.25, 0.3) is 6.08 Å². The number of aliphatic hydroxyl groups excluding tert-OH is 1. The molecule has 1 saturated heterocycles. The normalized spacial score (nSPS) is 16.1. The van der Waals surface area contributed by atoms with E-state index in [-0.39, 0.29) is 28.5 Å². The minimum absolute atomic E-state index is 0.00780. The predicted octanol–water partition coefficient (Wildman–Crippen LogP) is 4.79. The Kier molecular flexibility index (Phi) is 7.32. The van der Waals surface area contributed by atoms with Crippen molar-refractivity contribution in [1.29, 1.82) is 0 Å². The second kappa shape index (κ2) is 9.73. The van der Waals surface area contributed by atoms with E-state index in [9.17, 15) is 14.7 Å². The lowest BCUT2D eigenvalue weighted by atomic mass is 10.2. The number of aliphatic hydroxyl groups is 1. The minimum atomic E-state index is -0.910. The molecule has 29 heavy (non-hydrogen) atoms. The molecule has 3 rings (SSSR count). The summed E-state index contributed by atoms with van der Waals surface area (Å²) in [5.41, 5.74) is 0.739. The number of rotatable bonds is 7. The number of amides is 2. The first-order valence-corrected chi connectivity index (χ1v) is 10.2. The van der Waals surface area contributed by atoms with E-state index in [1.807, 2.05) is 0 Å². The van der Waals surface area contributed by atoms with E-state index < -0.39 is 12.0 Å². The van der Waals surface area contributed by atoms with Gasteiger partial charge in [0.25, 0.3) is 11.1 Å².